The quantitative estimate of drug-likeness (QED) is 0.111. The van der Waals surface area contributed by atoms with E-state index in [0.29, 0.717) is 33.6 Å². The van der Waals surface area contributed by atoms with Gasteiger partial charge in [0.25, 0.3) is 0 Å². The topological polar surface area (TPSA) is 151 Å². The molecule has 0 aromatic heterocycles. The highest BCUT2D eigenvalue weighted by Gasteiger charge is 2.75. The molecule has 3 heterocycles. The molecule has 0 aliphatic carbocycles. The molecule has 2 fully saturated rings. The number of phenolic OH excluding ortho intramolecular Hbond substituents is 1. The summed E-state index contributed by atoms with van der Waals surface area (Å²) in [5, 5.41) is 13.6. The number of amides is 4. The minimum absolute atomic E-state index is 0.0335. The Hall–Kier alpha value is -7.68. The molecule has 2 saturated heterocycles. The Kier molecular flexibility index (Phi) is 10.3. The number of morpholine rings is 1. The van der Waals surface area contributed by atoms with Crippen LogP contribution in [-0.4, -0.2) is 47.0 Å². The van der Waals surface area contributed by atoms with E-state index in [0.717, 1.165) is 16.0 Å². The van der Waals surface area contributed by atoms with Gasteiger partial charge in [0.15, 0.2) is 0 Å². The van der Waals surface area contributed by atoms with Gasteiger partial charge in [-0.25, -0.2) is 9.69 Å². The Labute approximate surface area is 358 Å². The van der Waals surface area contributed by atoms with Crippen molar-refractivity contribution < 1.29 is 33.8 Å². The second-order valence-corrected chi connectivity index (χ2v) is 15.7. The van der Waals surface area contributed by atoms with E-state index in [9.17, 15) is 19.5 Å². The van der Waals surface area contributed by atoms with Crippen molar-refractivity contribution in [3.8, 4) is 23.3 Å². The van der Waals surface area contributed by atoms with Crippen molar-refractivity contribution in [2.45, 2.75) is 42.6 Å². The molecule has 11 nitrogen and oxygen atoms in total. The maximum Gasteiger partial charge on any atom is 0.329 e. The lowest BCUT2D eigenvalue weighted by atomic mass is 9.65. The molecule has 4 amide bonds. The normalized spacial score (nSPS) is 23.1. The van der Waals surface area contributed by atoms with Gasteiger partial charge >= 0.3 is 12.0 Å². The molecule has 0 bridgehead atoms. The average Bonchev–Trinajstić information content (AvgIpc) is 3.76. The first-order valence-corrected chi connectivity index (χ1v) is 20.3. The largest absolute Gasteiger partial charge is 0.508 e. The molecule has 1 spiro atoms. The van der Waals surface area contributed by atoms with E-state index in [1.807, 2.05) is 115 Å². The van der Waals surface area contributed by atoms with Crippen LogP contribution in [0.15, 0.2) is 158 Å². The fraction of sp³-hybridized carbons (Fsp3) is 0.176. The molecule has 0 saturated carbocycles. The highest BCUT2D eigenvalue weighted by molar-refractivity contribution is 6.24. The first-order valence-electron chi connectivity index (χ1n) is 20.3. The third-order valence-electron chi connectivity index (χ3n) is 12.3. The van der Waals surface area contributed by atoms with Gasteiger partial charge in [0.05, 0.1) is 36.8 Å². The van der Waals surface area contributed by atoms with E-state index in [1.54, 1.807) is 49.6 Å². The number of esters is 1. The van der Waals surface area contributed by atoms with Crippen molar-refractivity contribution in [1.29, 1.82) is 0 Å². The van der Waals surface area contributed by atoms with Crippen molar-refractivity contribution in [2.75, 3.05) is 12.0 Å². The number of benzene rings is 6. The lowest BCUT2D eigenvalue weighted by Gasteiger charge is -2.46. The average molecular weight is 823 g/mol. The van der Waals surface area contributed by atoms with Crippen molar-refractivity contribution >= 4 is 29.5 Å². The number of methoxy groups -OCH3 is 1. The monoisotopic (exact) mass is 822 g/mol. The number of nitrogens with zero attached hydrogens (tertiary/aromatic N) is 2. The number of cyclic esters (lactones) is 1. The van der Waals surface area contributed by atoms with Crippen LogP contribution in [0, 0.1) is 17.8 Å². The van der Waals surface area contributed by atoms with Crippen LogP contribution in [0.5, 0.6) is 11.5 Å². The molecule has 0 radical (unpaired) electrons. The van der Waals surface area contributed by atoms with Gasteiger partial charge in [-0.3, -0.25) is 19.3 Å². The van der Waals surface area contributed by atoms with Crippen LogP contribution in [0.25, 0.3) is 0 Å². The van der Waals surface area contributed by atoms with Crippen LogP contribution in [0.1, 0.15) is 70.1 Å². The van der Waals surface area contributed by atoms with E-state index in [-0.39, 0.29) is 11.4 Å². The van der Waals surface area contributed by atoms with Gasteiger partial charge in [0.1, 0.15) is 29.1 Å². The highest BCUT2D eigenvalue weighted by Crippen LogP contribution is 2.65. The number of hydrogen-bond donors (Lipinski definition) is 3. The van der Waals surface area contributed by atoms with Crippen molar-refractivity contribution in [3.05, 3.63) is 197 Å². The van der Waals surface area contributed by atoms with Gasteiger partial charge in [-0.1, -0.05) is 115 Å². The smallest absolute Gasteiger partial charge is 0.329 e. The van der Waals surface area contributed by atoms with E-state index >= 15 is 4.79 Å². The molecular formula is C51H42N4O7. The fourth-order valence-corrected chi connectivity index (χ4v) is 9.57. The van der Waals surface area contributed by atoms with Crippen LogP contribution >= 0.6 is 0 Å². The second kappa shape index (κ2) is 16.1. The van der Waals surface area contributed by atoms with Crippen LogP contribution in [-0.2, 0) is 24.5 Å². The molecule has 0 unspecified atom stereocenters. The molecule has 4 N–H and O–H groups in total. The molecule has 11 heteroatoms. The summed E-state index contributed by atoms with van der Waals surface area (Å²) in [7, 11) is 1.58. The van der Waals surface area contributed by atoms with Gasteiger partial charge in [0, 0.05) is 11.1 Å². The summed E-state index contributed by atoms with van der Waals surface area (Å²) in [6, 6.07) is 42.2. The van der Waals surface area contributed by atoms with E-state index in [1.165, 1.54) is 12.1 Å². The first kappa shape index (κ1) is 39.8. The number of ether oxygens (including phenoxy) is 2. The van der Waals surface area contributed by atoms with Gasteiger partial charge in [-0.05, 0) is 89.3 Å². The number of urea groups is 1. The molecule has 6 aromatic rings. The van der Waals surface area contributed by atoms with Crippen LogP contribution < -0.4 is 20.7 Å². The van der Waals surface area contributed by atoms with Crippen molar-refractivity contribution in [2.24, 2.45) is 11.7 Å². The zero-order valence-electron chi connectivity index (χ0n) is 33.8. The van der Waals surface area contributed by atoms with Crippen LogP contribution in [0.4, 0.5) is 10.5 Å². The Morgan fingerprint density at radius 1 is 0.758 bits per heavy atom. The molecule has 62 heavy (non-hydrogen) atoms. The summed E-state index contributed by atoms with van der Waals surface area (Å²) < 4.78 is 11.7. The number of carbonyl (C=O) groups is 4. The lowest BCUT2D eigenvalue weighted by molar-refractivity contribution is -0.178. The van der Waals surface area contributed by atoms with Crippen LogP contribution in [0.3, 0.4) is 0 Å². The predicted molar refractivity (Wildman–Crippen MR) is 232 cm³/mol. The Morgan fingerprint density at radius 3 is 1.98 bits per heavy atom. The number of imide groups is 1. The summed E-state index contributed by atoms with van der Waals surface area (Å²) in [6.45, 7) is 1.81. The molecule has 9 rings (SSSR count). The molecule has 3 aliphatic heterocycles. The summed E-state index contributed by atoms with van der Waals surface area (Å²) in [5.74, 6) is 3.04. The molecular weight excluding hydrogens is 781 g/mol. The number of rotatable bonds is 7. The molecule has 3 aliphatic rings. The third-order valence-corrected chi connectivity index (χ3v) is 12.3. The number of primary amides is 1. The summed E-state index contributed by atoms with van der Waals surface area (Å²) in [5.41, 5.74) is 8.90. The minimum Gasteiger partial charge on any atom is -0.508 e. The van der Waals surface area contributed by atoms with Crippen LogP contribution in [0.2, 0.25) is 0 Å². The van der Waals surface area contributed by atoms with Gasteiger partial charge < -0.3 is 25.6 Å². The second-order valence-electron chi connectivity index (χ2n) is 15.7. The van der Waals surface area contributed by atoms with E-state index in [2.05, 4.69) is 17.2 Å². The van der Waals surface area contributed by atoms with Crippen molar-refractivity contribution in [3.63, 3.8) is 0 Å². The zero-order chi connectivity index (χ0) is 43.1. The van der Waals surface area contributed by atoms with Crippen molar-refractivity contribution in [1.82, 2.24) is 10.2 Å². The highest BCUT2D eigenvalue weighted by atomic mass is 16.6. The number of fused-ring (bicyclic) bond motifs is 3. The number of nitrogens with one attached hydrogen (secondary N) is 1. The summed E-state index contributed by atoms with van der Waals surface area (Å²) in [4.78, 5) is 63.1. The van der Waals surface area contributed by atoms with Gasteiger partial charge in [-0.2, -0.15) is 0 Å². The van der Waals surface area contributed by atoms with Gasteiger partial charge in [-0.15, -0.1) is 0 Å². The molecule has 7 atom stereocenters. The SMILES string of the molecule is COc1ccc(C#Cc2ccc3c(c2)[C@]2(C(=O)N3C(=O)N[C@H](C)c3ccccc3)[C@H](C(N)=O)[C@H]3C(=O)O[C@H](c4ccccc4)[C@H](c4ccccc4)N3[C@@H]2c2ccc(O)cc2)cc1. The lowest BCUT2D eigenvalue weighted by Crippen LogP contribution is -2.55. The molecule has 6 aromatic carbocycles. The van der Waals surface area contributed by atoms with E-state index in [4.69, 9.17) is 15.2 Å². The fourth-order valence-electron chi connectivity index (χ4n) is 9.57. The number of nitrogens with two attached hydrogens (primary N) is 1. The summed E-state index contributed by atoms with van der Waals surface area (Å²) >= 11 is 0. The predicted octanol–water partition coefficient (Wildman–Crippen LogP) is 7.42. The maximum atomic E-state index is 16.1. The number of anilines is 1. The Morgan fingerprint density at radius 2 is 1.35 bits per heavy atom. The number of carbonyl (C=O) groups excluding carboxylic acids is 4. The first-order chi connectivity index (χ1) is 30.1. The standard InChI is InChI=1S/C51H42N4O7/c1-31(34-12-6-3-7-13-34)53-50(60)54-41-29-22-33(19-18-32-20-27-39(61-2)28-21-32)30-40(41)51(49(54)59)42(47(52)57)44-48(58)62-45(36-16-10-5-11-17-36)43(35-14-8-4-9-15-35)55(44)46(51)37-23-25-38(56)26-24-37/h3-17,20-31,42-46,56H,1-2H3,(H2,52,57)(H,53,60)/t31-,42+,43+,44+,45-,46-,51+/m1/s1. The number of hydrogen-bond acceptors (Lipinski definition) is 8. The zero-order valence-corrected chi connectivity index (χ0v) is 33.8. The Balaban J connectivity index is 1.30. The number of aromatic hydroxyl groups is 1. The minimum atomic E-state index is -2.01. The maximum absolute atomic E-state index is 16.1. The number of phenols is 1. The third kappa shape index (κ3) is 6.62. The Bertz CT molecular complexity index is 2740. The van der Waals surface area contributed by atoms with E-state index < -0.39 is 65.4 Å². The van der Waals surface area contributed by atoms with Gasteiger partial charge in [0.2, 0.25) is 11.8 Å². The summed E-state index contributed by atoms with van der Waals surface area (Å²) in [6.07, 6.45) is -0.894. The molecule has 308 valence electrons.